The molecule has 1 atom stereocenters. The lowest BCUT2D eigenvalue weighted by Crippen LogP contribution is -2.34. The molecule has 3 heteroatoms. The lowest BCUT2D eigenvalue weighted by Gasteiger charge is -2.29. The van der Waals surface area contributed by atoms with Crippen molar-refractivity contribution in [2.45, 2.75) is 19.8 Å². The Labute approximate surface area is 138 Å². The number of hydrogen-bond donors (Lipinski definition) is 0. The summed E-state index contributed by atoms with van der Waals surface area (Å²) in [5.74, 6) is 3.03. The molecular formula is C20H25NO2. The molecule has 0 bridgehead atoms. The molecule has 23 heavy (non-hydrogen) atoms. The summed E-state index contributed by atoms with van der Waals surface area (Å²) in [6.07, 6.45) is 2.50. The minimum Gasteiger partial charge on any atom is -0.489 e. The van der Waals surface area contributed by atoms with Crippen LogP contribution in [0.2, 0.25) is 0 Å². The van der Waals surface area contributed by atoms with E-state index < -0.39 is 0 Å². The summed E-state index contributed by atoms with van der Waals surface area (Å²) in [6, 6.07) is 16.0. The van der Waals surface area contributed by atoms with Crippen LogP contribution in [0, 0.1) is 12.8 Å². The van der Waals surface area contributed by atoms with Crippen LogP contribution in [0.3, 0.4) is 0 Å². The van der Waals surface area contributed by atoms with E-state index in [1.54, 1.807) is 0 Å². The first kappa shape index (κ1) is 15.9. The van der Waals surface area contributed by atoms with E-state index in [1.165, 1.54) is 24.9 Å². The Kier molecular flexibility index (Phi) is 5.19. The van der Waals surface area contributed by atoms with Crippen molar-refractivity contribution >= 4 is 0 Å². The average molecular weight is 311 g/mol. The number of benzene rings is 2. The number of likely N-dealkylation sites (tertiary alicyclic amines) is 1. The van der Waals surface area contributed by atoms with Gasteiger partial charge < -0.3 is 14.4 Å². The van der Waals surface area contributed by atoms with Crippen LogP contribution in [-0.2, 0) is 0 Å². The normalized spacial score (nSPS) is 18.6. The molecule has 122 valence electrons. The first-order valence-corrected chi connectivity index (χ1v) is 8.35. The highest BCUT2D eigenvalue weighted by Crippen LogP contribution is 2.32. The maximum absolute atomic E-state index is 6.07. The Morgan fingerprint density at radius 1 is 1.04 bits per heavy atom. The zero-order valence-corrected chi connectivity index (χ0v) is 14.0. The minimum atomic E-state index is 0.598. The molecule has 0 spiro atoms. The Morgan fingerprint density at radius 3 is 2.52 bits per heavy atom. The van der Waals surface area contributed by atoms with Crippen molar-refractivity contribution in [2.24, 2.45) is 5.92 Å². The lowest BCUT2D eigenvalue weighted by atomic mass is 10.00. The van der Waals surface area contributed by atoms with Gasteiger partial charge in [-0.3, -0.25) is 0 Å². The maximum atomic E-state index is 6.07. The van der Waals surface area contributed by atoms with E-state index in [1.807, 2.05) is 36.4 Å². The molecule has 3 rings (SSSR count). The van der Waals surface area contributed by atoms with Crippen molar-refractivity contribution in [1.29, 1.82) is 0 Å². The largest absolute Gasteiger partial charge is 0.489 e. The van der Waals surface area contributed by atoms with Crippen molar-refractivity contribution in [3.63, 3.8) is 0 Å². The minimum absolute atomic E-state index is 0.598. The van der Waals surface area contributed by atoms with E-state index in [2.05, 4.69) is 31.0 Å². The van der Waals surface area contributed by atoms with Crippen LogP contribution >= 0.6 is 0 Å². The van der Waals surface area contributed by atoms with Gasteiger partial charge in [0, 0.05) is 12.5 Å². The molecule has 0 radical (unpaired) electrons. The monoisotopic (exact) mass is 311 g/mol. The second-order valence-electron chi connectivity index (χ2n) is 6.44. The summed E-state index contributed by atoms with van der Waals surface area (Å²) >= 11 is 0. The Hall–Kier alpha value is -2.00. The molecule has 0 aliphatic carbocycles. The van der Waals surface area contributed by atoms with Gasteiger partial charge in [-0.15, -0.1) is 0 Å². The van der Waals surface area contributed by atoms with Gasteiger partial charge in [0.25, 0.3) is 0 Å². The van der Waals surface area contributed by atoms with Crippen molar-refractivity contribution in [1.82, 2.24) is 4.90 Å². The van der Waals surface area contributed by atoms with Crippen molar-refractivity contribution in [3.8, 4) is 17.2 Å². The van der Waals surface area contributed by atoms with E-state index in [4.69, 9.17) is 9.47 Å². The fraction of sp³-hybridized carbons (Fsp3) is 0.400. The van der Waals surface area contributed by atoms with Crippen LogP contribution in [-0.4, -0.2) is 31.6 Å². The van der Waals surface area contributed by atoms with Crippen LogP contribution in [0.5, 0.6) is 17.2 Å². The predicted octanol–water partition coefficient (Wildman–Crippen LogP) is 4.51. The third-order valence-electron chi connectivity index (χ3n) is 4.29. The van der Waals surface area contributed by atoms with Gasteiger partial charge in [-0.2, -0.15) is 0 Å². The molecule has 0 saturated carbocycles. The summed E-state index contributed by atoms with van der Waals surface area (Å²) < 4.78 is 12.1. The summed E-state index contributed by atoms with van der Waals surface area (Å²) in [6.45, 7) is 5.13. The van der Waals surface area contributed by atoms with Crippen LogP contribution in [0.25, 0.3) is 0 Å². The lowest BCUT2D eigenvalue weighted by molar-refractivity contribution is 0.148. The Bertz CT molecular complexity index is 624. The fourth-order valence-corrected chi connectivity index (χ4v) is 3.00. The molecule has 1 aliphatic rings. The molecule has 1 saturated heterocycles. The molecule has 2 aromatic rings. The predicted molar refractivity (Wildman–Crippen MR) is 93.4 cm³/mol. The van der Waals surface area contributed by atoms with Crippen molar-refractivity contribution in [2.75, 3.05) is 26.7 Å². The third-order valence-corrected chi connectivity index (χ3v) is 4.29. The first-order chi connectivity index (χ1) is 11.2. The summed E-state index contributed by atoms with van der Waals surface area (Å²) in [5, 5.41) is 0. The topological polar surface area (TPSA) is 21.7 Å². The molecule has 0 unspecified atom stereocenters. The van der Waals surface area contributed by atoms with Crippen molar-refractivity contribution in [3.05, 3.63) is 54.1 Å². The smallest absolute Gasteiger partial charge is 0.169 e. The zero-order valence-electron chi connectivity index (χ0n) is 14.0. The number of nitrogens with zero attached hydrogens (tertiary/aromatic N) is 1. The molecule has 0 amide bonds. The van der Waals surface area contributed by atoms with Crippen molar-refractivity contribution < 1.29 is 9.47 Å². The average Bonchev–Trinajstić information content (AvgIpc) is 2.56. The summed E-state index contributed by atoms with van der Waals surface area (Å²) in [7, 11) is 2.18. The van der Waals surface area contributed by atoms with Gasteiger partial charge in [0.2, 0.25) is 0 Å². The van der Waals surface area contributed by atoms with E-state index >= 15 is 0 Å². The number of piperidine rings is 1. The summed E-state index contributed by atoms with van der Waals surface area (Å²) in [5.41, 5.74) is 1.23. The van der Waals surface area contributed by atoms with Gasteiger partial charge in [-0.25, -0.2) is 0 Å². The maximum Gasteiger partial charge on any atom is 0.169 e. The molecule has 3 nitrogen and oxygen atoms in total. The van der Waals surface area contributed by atoms with Gasteiger partial charge in [0.15, 0.2) is 11.5 Å². The van der Waals surface area contributed by atoms with Crippen LogP contribution < -0.4 is 9.47 Å². The molecular weight excluding hydrogens is 286 g/mol. The van der Waals surface area contributed by atoms with Crippen LogP contribution in [0.15, 0.2) is 48.5 Å². The highest BCUT2D eigenvalue weighted by Gasteiger charge is 2.18. The quantitative estimate of drug-likeness (QED) is 0.811. The fourth-order valence-electron chi connectivity index (χ4n) is 3.00. The number of ether oxygens (including phenoxy) is 2. The Morgan fingerprint density at radius 2 is 1.78 bits per heavy atom. The van der Waals surface area contributed by atoms with Gasteiger partial charge in [0.1, 0.15) is 5.75 Å². The standard InChI is InChI=1S/C20H25NO2/c1-16-9-11-18(12-10-16)23-20-8-4-3-7-19(20)22-15-17-6-5-13-21(2)14-17/h3-4,7-12,17H,5-6,13-15H2,1-2H3/t17-/m0/s1. The summed E-state index contributed by atoms with van der Waals surface area (Å²) in [4.78, 5) is 2.38. The van der Waals surface area contributed by atoms with Gasteiger partial charge in [-0.1, -0.05) is 29.8 Å². The molecule has 1 fully saturated rings. The molecule has 0 aromatic heterocycles. The Balaban J connectivity index is 1.64. The molecule has 0 N–H and O–H groups in total. The van der Waals surface area contributed by atoms with E-state index in [0.717, 1.165) is 30.4 Å². The van der Waals surface area contributed by atoms with E-state index in [0.29, 0.717) is 5.92 Å². The highest BCUT2D eigenvalue weighted by atomic mass is 16.5. The SMILES string of the molecule is Cc1ccc(Oc2ccccc2OC[C@H]2CCCN(C)C2)cc1. The second kappa shape index (κ2) is 7.51. The van der Waals surface area contributed by atoms with E-state index in [9.17, 15) is 0 Å². The third kappa shape index (κ3) is 4.49. The highest BCUT2D eigenvalue weighted by molar-refractivity contribution is 5.43. The van der Waals surface area contributed by atoms with Gasteiger partial charge >= 0.3 is 0 Å². The second-order valence-corrected chi connectivity index (χ2v) is 6.44. The van der Waals surface area contributed by atoms with Gasteiger partial charge in [-0.05, 0) is 57.6 Å². The molecule has 2 aromatic carbocycles. The van der Waals surface area contributed by atoms with Crippen LogP contribution in [0.4, 0.5) is 0 Å². The zero-order chi connectivity index (χ0) is 16.1. The van der Waals surface area contributed by atoms with E-state index in [-0.39, 0.29) is 0 Å². The molecule has 1 heterocycles. The molecule has 1 aliphatic heterocycles. The number of aryl methyl sites for hydroxylation is 1. The number of rotatable bonds is 5. The first-order valence-electron chi connectivity index (χ1n) is 8.35. The number of hydrogen-bond acceptors (Lipinski definition) is 3. The number of para-hydroxylation sites is 2. The van der Waals surface area contributed by atoms with Crippen LogP contribution in [0.1, 0.15) is 18.4 Å². The van der Waals surface area contributed by atoms with Gasteiger partial charge in [0.05, 0.1) is 6.61 Å².